The van der Waals surface area contributed by atoms with Crippen LogP contribution in [0, 0.1) is 0 Å². The average molecular weight is 298 g/mol. The minimum absolute atomic E-state index is 0.647. The molecule has 2 N–H and O–H groups in total. The molecule has 6 nitrogen and oxygen atoms in total. The monoisotopic (exact) mass is 298 g/mol. The number of hydrogen-bond acceptors (Lipinski definition) is 5. The Bertz CT molecular complexity index is 625. The number of H-pyrrole nitrogens is 1. The van der Waals surface area contributed by atoms with Crippen molar-refractivity contribution in [1.29, 1.82) is 0 Å². The summed E-state index contributed by atoms with van der Waals surface area (Å²) in [7, 11) is 0. The van der Waals surface area contributed by atoms with Gasteiger partial charge in [0.1, 0.15) is 5.82 Å². The molecule has 3 heterocycles. The first-order chi connectivity index (χ1) is 10.9. The van der Waals surface area contributed by atoms with Crippen LogP contribution in [0.15, 0.2) is 18.3 Å². The van der Waals surface area contributed by atoms with Gasteiger partial charge < -0.3 is 10.2 Å². The number of aromatic nitrogens is 4. The lowest BCUT2D eigenvalue weighted by molar-refractivity contribution is 0.693. The molecule has 2 aliphatic rings. The lowest BCUT2D eigenvalue weighted by Crippen LogP contribution is -2.20. The Labute approximate surface area is 130 Å². The molecule has 0 unspecified atom stereocenters. The summed E-state index contributed by atoms with van der Waals surface area (Å²) in [5, 5.41) is 10.8. The van der Waals surface area contributed by atoms with E-state index in [1.54, 1.807) is 0 Å². The topological polar surface area (TPSA) is 69.7 Å². The molecule has 2 aromatic rings. The highest BCUT2D eigenvalue weighted by Crippen LogP contribution is 2.34. The molecule has 1 aliphatic heterocycles. The van der Waals surface area contributed by atoms with E-state index in [2.05, 4.69) is 36.4 Å². The Morgan fingerprint density at radius 2 is 1.91 bits per heavy atom. The van der Waals surface area contributed by atoms with Crippen molar-refractivity contribution in [2.75, 3.05) is 23.3 Å². The second kappa shape index (κ2) is 5.94. The van der Waals surface area contributed by atoms with Crippen molar-refractivity contribution < 1.29 is 0 Å². The molecule has 0 spiro atoms. The van der Waals surface area contributed by atoms with E-state index in [1.165, 1.54) is 44.2 Å². The predicted molar refractivity (Wildman–Crippen MR) is 86.6 cm³/mol. The number of nitrogens with one attached hydrogen (secondary N) is 2. The van der Waals surface area contributed by atoms with Gasteiger partial charge in [0.2, 0.25) is 5.95 Å². The van der Waals surface area contributed by atoms with Gasteiger partial charge in [0.05, 0.1) is 0 Å². The summed E-state index contributed by atoms with van der Waals surface area (Å²) in [6.07, 6.45) is 9.47. The Morgan fingerprint density at radius 1 is 1.09 bits per heavy atom. The highest BCUT2D eigenvalue weighted by atomic mass is 15.3. The van der Waals surface area contributed by atoms with Crippen molar-refractivity contribution in [1.82, 2.24) is 20.2 Å². The zero-order chi connectivity index (χ0) is 14.8. The van der Waals surface area contributed by atoms with Crippen molar-refractivity contribution >= 4 is 17.6 Å². The van der Waals surface area contributed by atoms with Crippen molar-refractivity contribution in [2.45, 2.75) is 44.4 Å². The van der Waals surface area contributed by atoms with Crippen LogP contribution >= 0.6 is 0 Å². The van der Waals surface area contributed by atoms with Gasteiger partial charge >= 0.3 is 0 Å². The van der Waals surface area contributed by atoms with E-state index in [0.717, 1.165) is 30.7 Å². The second-order valence-corrected chi connectivity index (χ2v) is 6.25. The van der Waals surface area contributed by atoms with Crippen LogP contribution in [0.1, 0.15) is 50.1 Å². The van der Waals surface area contributed by atoms with Gasteiger partial charge in [-0.05, 0) is 31.7 Å². The number of hydrogen-bond donors (Lipinski definition) is 2. The Kier molecular flexibility index (Phi) is 3.66. The van der Waals surface area contributed by atoms with Crippen LogP contribution in [0.4, 0.5) is 17.6 Å². The van der Waals surface area contributed by atoms with Crippen LogP contribution < -0.4 is 10.2 Å². The van der Waals surface area contributed by atoms with Crippen LogP contribution in [0.3, 0.4) is 0 Å². The molecule has 4 rings (SSSR count). The van der Waals surface area contributed by atoms with E-state index in [0.29, 0.717) is 5.92 Å². The van der Waals surface area contributed by atoms with E-state index in [-0.39, 0.29) is 0 Å². The highest BCUT2D eigenvalue weighted by Gasteiger charge is 2.19. The van der Waals surface area contributed by atoms with Gasteiger partial charge in [-0.15, -0.1) is 0 Å². The van der Waals surface area contributed by atoms with Gasteiger partial charge in [-0.25, -0.2) is 4.98 Å². The molecule has 0 amide bonds. The van der Waals surface area contributed by atoms with Gasteiger partial charge in [0.25, 0.3) is 0 Å². The first-order valence-electron chi connectivity index (χ1n) is 8.29. The molecule has 6 heteroatoms. The molecule has 1 aliphatic carbocycles. The molecule has 116 valence electrons. The van der Waals surface area contributed by atoms with Crippen molar-refractivity contribution in [3.63, 3.8) is 0 Å². The maximum absolute atomic E-state index is 4.61. The van der Waals surface area contributed by atoms with Gasteiger partial charge in [0.15, 0.2) is 5.82 Å². The molecule has 1 saturated heterocycles. The van der Waals surface area contributed by atoms with E-state index in [9.17, 15) is 0 Å². The first-order valence-corrected chi connectivity index (χ1v) is 8.29. The number of anilines is 3. The van der Waals surface area contributed by atoms with E-state index in [4.69, 9.17) is 0 Å². The molecule has 0 aromatic carbocycles. The molecular weight excluding hydrogens is 276 g/mol. The fraction of sp³-hybridized carbons (Fsp3) is 0.562. The molecule has 1 saturated carbocycles. The highest BCUT2D eigenvalue weighted by molar-refractivity contribution is 5.53. The normalized spacial score (nSPS) is 19.0. The van der Waals surface area contributed by atoms with Gasteiger partial charge in [-0.3, -0.25) is 5.10 Å². The van der Waals surface area contributed by atoms with Crippen LogP contribution in [-0.2, 0) is 0 Å². The molecule has 22 heavy (non-hydrogen) atoms. The summed E-state index contributed by atoms with van der Waals surface area (Å²) >= 11 is 0. The smallest absolute Gasteiger partial charge is 0.227 e. The summed E-state index contributed by atoms with van der Waals surface area (Å²) in [4.78, 5) is 11.2. The van der Waals surface area contributed by atoms with Crippen LogP contribution in [0.2, 0.25) is 0 Å². The van der Waals surface area contributed by atoms with E-state index in [1.807, 2.05) is 12.3 Å². The Morgan fingerprint density at radius 3 is 2.73 bits per heavy atom. The largest absolute Gasteiger partial charge is 0.341 e. The number of aromatic amines is 1. The maximum atomic E-state index is 4.61. The zero-order valence-corrected chi connectivity index (χ0v) is 12.8. The first kappa shape index (κ1) is 13.5. The number of nitrogens with zero attached hydrogens (tertiary/aromatic N) is 4. The quantitative estimate of drug-likeness (QED) is 0.907. The number of rotatable bonds is 4. The van der Waals surface area contributed by atoms with Crippen molar-refractivity contribution in [3.8, 4) is 0 Å². The lowest BCUT2D eigenvalue weighted by Gasteiger charge is -2.15. The van der Waals surface area contributed by atoms with Crippen LogP contribution in [-0.4, -0.2) is 33.3 Å². The van der Waals surface area contributed by atoms with Gasteiger partial charge in [0, 0.05) is 37.0 Å². The average Bonchev–Trinajstić information content (AvgIpc) is 3.29. The zero-order valence-electron chi connectivity index (χ0n) is 12.8. The van der Waals surface area contributed by atoms with Crippen LogP contribution in [0.25, 0.3) is 0 Å². The minimum Gasteiger partial charge on any atom is -0.341 e. The van der Waals surface area contributed by atoms with E-state index < -0.39 is 0 Å². The van der Waals surface area contributed by atoms with Gasteiger partial charge in [-0.1, -0.05) is 12.8 Å². The fourth-order valence-electron chi connectivity index (χ4n) is 3.47. The summed E-state index contributed by atoms with van der Waals surface area (Å²) < 4.78 is 0. The molecular formula is C16H22N6. The third-order valence-corrected chi connectivity index (χ3v) is 4.68. The SMILES string of the molecule is c1cc(Nc2cc(C3CCCC3)[nH]n2)nc(N2CCCC2)n1. The Balaban J connectivity index is 1.47. The van der Waals surface area contributed by atoms with Crippen molar-refractivity contribution in [3.05, 3.63) is 24.0 Å². The molecule has 2 fully saturated rings. The molecule has 0 radical (unpaired) electrons. The Hall–Kier alpha value is -2.11. The second-order valence-electron chi connectivity index (χ2n) is 6.25. The standard InChI is InChI=1S/C16H22N6/c1-2-6-12(5-1)13-11-15(21-20-13)18-14-7-8-17-16(19-14)22-9-3-4-10-22/h7-8,11-12H,1-6,9-10H2,(H2,17,18,19,20,21). The summed E-state index contributed by atoms with van der Waals surface area (Å²) in [5.74, 6) is 3.11. The third kappa shape index (κ3) is 2.77. The lowest BCUT2D eigenvalue weighted by atomic mass is 10.0. The third-order valence-electron chi connectivity index (χ3n) is 4.68. The van der Waals surface area contributed by atoms with Crippen molar-refractivity contribution in [2.24, 2.45) is 0 Å². The van der Waals surface area contributed by atoms with Gasteiger partial charge in [-0.2, -0.15) is 10.1 Å². The summed E-state index contributed by atoms with van der Waals surface area (Å²) in [6.45, 7) is 2.11. The molecule has 2 aromatic heterocycles. The minimum atomic E-state index is 0.647. The predicted octanol–water partition coefficient (Wildman–Crippen LogP) is 3.20. The summed E-state index contributed by atoms with van der Waals surface area (Å²) in [6, 6.07) is 4.01. The molecule has 0 bridgehead atoms. The maximum Gasteiger partial charge on any atom is 0.227 e. The van der Waals surface area contributed by atoms with Crippen LogP contribution in [0.5, 0.6) is 0 Å². The fourth-order valence-corrected chi connectivity index (χ4v) is 3.47. The van der Waals surface area contributed by atoms with E-state index >= 15 is 0 Å². The summed E-state index contributed by atoms with van der Waals surface area (Å²) in [5.41, 5.74) is 1.24. The molecule has 0 atom stereocenters.